The summed E-state index contributed by atoms with van der Waals surface area (Å²) in [7, 11) is 0. The zero-order chi connectivity index (χ0) is 32.1. The van der Waals surface area contributed by atoms with Gasteiger partial charge in [0.05, 0.1) is 12.2 Å². The van der Waals surface area contributed by atoms with Crippen molar-refractivity contribution in [2.45, 2.75) is 128 Å². The fourth-order valence-corrected chi connectivity index (χ4v) is 10.5. The van der Waals surface area contributed by atoms with Gasteiger partial charge in [-0.3, -0.25) is 9.59 Å². The summed E-state index contributed by atoms with van der Waals surface area (Å²) >= 11 is 0. The van der Waals surface area contributed by atoms with Crippen LogP contribution in [0.2, 0.25) is 0 Å². The summed E-state index contributed by atoms with van der Waals surface area (Å²) < 4.78 is 11.4. The van der Waals surface area contributed by atoms with Gasteiger partial charge in [-0.15, -0.1) is 0 Å². The molecule has 1 aliphatic heterocycles. The van der Waals surface area contributed by atoms with E-state index in [2.05, 4.69) is 26.1 Å². The van der Waals surface area contributed by atoms with E-state index in [1.54, 1.807) is 0 Å². The van der Waals surface area contributed by atoms with Crippen LogP contribution in [-0.2, 0) is 23.9 Å². The Bertz CT molecular complexity index is 1090. The van der Waals surface area contributed by atoms with Crippen molar-refractivity contribution in [3.63, 3.8) is 0 Å². The molecule has 44 heavy (non-hydrogen) atoms. The van der Waals surface area contributed by atoms with Crippen molar-refractivity contribution in [3.05, 3.63) is 0 Å². The molecule has 0 radical (unpaired) electrons. The first-order valence-electron chi connectivity index (χ1n) is 16.4. The third-order valence-electron chi connectivity index (χ3n) is 12.8. The summed E-state index contributed by atoms with van der Waals surface area (Å²) in [6.07, 6.45) is -0.894. The fourth-order valence-electron chi connectivity index (χ4n) is 10.5. The average Bonchev–Trinajstić information content (AvgIpc) is 3.32. The molecule has 0 bridgehead atoms. The summed E-state index contributed by atoms with van der Waals surface area (Å²) in [4.78, 5) is 34.5. The van der Waals surface area contributed by atoms with Gasteiger partial charge in [-0.25, -0.2) is 4.79 Å². The Morgan fingerprint density at radius 3 is 2.27 bits per heavy atom. The second-order valence-electron chi connectivity index (χ2n) is 15.0. The Morgan fingerprint density at radius 1 is 0.909 bits per heavy atom. The molecule has 0 aromatic carbocycles. The van der Waals surface area contributed by atoms with Crippen LogP contribution in [-0.4, -0.2) is 97.9 Å². The van der Waals surface area contributed by atoms with Crippen molar-refractivity contribution in [2.24, 2.45) is 46.3 Å². The number of ether oxygens (including phenoxy) is 2. The quantitative estimate of drug-likeness (QED) is 0.183. The van der Waals surface area contributed by atoms with Crippen LogP contribution >= 0.6 is 0 Å². The molecular formula is C32H51NO11. The summed E-state index contributed by atoms with van der Waals surface area (Å²) in [6.45, 7) is 6.57. The van der Waals surface area contributed by atoms with Gasteiger partial charge in [0, 0.05) is 6.42 Å². The maximum Gasteiger partial charge on any atom is 0.335 e. The molecule has 1 amide bonds. The molecule has 5 aliphatic rings. The number of carbonyl (C=O) groups is 3. The molecule has 5 rings (SSSR count). The lowest BCUT2D eigenvalue weighted by Crippen LogP contribution is -2.61. The highest BCUT2D eigenvalue weighted by atomic mass is 16.7. The minimum absolute atomic E-state index is 0.00235. The number of aliphatic hydroxyl groups excluding tert-OH is 4. The van der Waals surface area contributed by atoms with Crippen LogP contribution in [0.25, 0.3) is 0 Å². The predicted octanol–water partition coefficient (Wildman–Crippen LogP) is 1.51. The fraction of sp³-hybridized carbons (Fsp3) is 0.906. The SMILES string of the molecule is C[C@H](CCC(=O)NCC(=O)O)[C@H]1CC[C@H]2[C@@H]3[C@H](O)C[C@@H]4C[C@H](O[C@@H]5O[C@H](C(=O)O)[C@@H](O)[C@H](O)[C@H]5O)CC[C@]4(C)[C@H]3CC[C@]12C. The van der Waals surface area contributed by atoms with Gasteiger partial charge < -0.3 is 45.4 Å². The lowest BCUT2D eigenvalue weighted by molar-refractivity contribution is -0.310. The van der Waals surface area contributed by atoms with E-state index >= 15 is 0 Å². The Labute approximate surface area is 258 Å². The molecule has 0 unspecified atom stereocenters. The Balaban J connectivity index is 1.22. The minimum atomic E-state index is -1.76. The number of aliphatic hydroxyl groups is 4. The first-order chi connectivity index (χ1) is 20.7. The molecule has 1 heterocycles. The average molecular weight is 626 g/mol. The van der Waals surface area contributed by atoms with Gasteiger partial charge >= 0.3 is 11.9 Å². The van der Waals surface area contributed by atoms with E-state index in [4.69, 9.17) is 14.6 Å². The van der Waals surface area contributed by atoms with Gasteiger partial charge in [-0.1, -0.05) is 20.8 Å². The van der Waals surface area contributed by atoms with E-state index < -0.39 is 48.7 Å². The summed E-state index contributed by atoms with van der Waals surface area (Å²) in [5.41, 5.74) is 0.0749. The van der Waals surface area contributed by atoms with Crippen LogP contribution in [0.3, 0.4) is 0 Å². The zero-order valence-electron chi connectivity index (χ0n) is 26.0. The number of hydrogen-bond acceptors (Lipinski definition) is 9. The van der Waals surface area contributed by atoms with Crippen LogP contribution < -0.4 is 5.32 Å². The molecule has 12 heteroatoms. The highest BCUT2D eigenvalue weighted by Crippen LogP contribution is 2.68. The van der Waals surface area contributed by atoms with Crippen LogP contribution in [0.5, 0.6) is 0 Å². The van der Waals surface area contributed by atoms with Crippen molar-refractivity contribution in [3.8, 4) is 0 Å². The van der Waals surface area contributed by atoms with Crippen molar-refractivity contribution in [2.75, 3.05) is 6.54 Å². The van der Waals surface area contributed by atoms with E-state index in [0.29, 0.717) is 55.8 Å². The zero-order valence-corrected chi connectivity index (χ0v) is 26.0. The van der Waals surface area contributed by atoms with Crippen molar-refractivity contribution in [1.29, 1.82) is 0 Å². The molecule has 4 saturated carbocycles. The highest BCUT2D eigenvalue weighted by molar-refractivity contribution is 5.81. The number of rotatable bonds is 9. The van der Waals surface area contributed by atoms with Gasteiger partial charge in [-0.2, -0.15) is 0 Å². The standard InChI is InChI=1S/C32H51NO11/c1-15(4-7-22(35)33-14-23(36)37)18-5-6-19-24-20(9-11-32(18,19)3)31(2)10-8-17(12-16(31)13-21(24)34)43-30-27(40)25(38)26(39)28(44-30)29(41)42/h15-21,24-28,30,34,38-40H,4-14H2,1-3H3,(H,33,35)(H,36,37)(H,41,42)/t15-,16+,17-,18-,19+,20+,21-,24+,25+,26+,27-,28+,30-,31+,32-/m1/s1. The van der Waals surface area contributed by atoms with Crippen molar-refractivity contribution >= 4 is 17.8 Å². The van der Waals surface area contributed by atoms with Crippen LogP contribution in [0.1, 0.15) is 85.0 Å². The third-order valence-corrected chi connectivity index (χ3v) is 12.8. The van der Waals surface area contributed by atoms with E-state index in [1.165, 1.54) is 0 Å². The van der Waals surface area contributed by atoms with Crippen LogP contribution in [0, 0.1) is 46.3 Å². The summed E-state index contributed by atoms with van der Waals surface area (Å²) in [6, 6.07) is 0. The largest absolute Gasteiger partial charge is 0.480 e. The van der Waals surface area contributed by atoms with Crippen molar-refractivity contribution in [1.82, 2.24) is 5.32 Å². The molecular weight excluding hydrogens is 574 g/mol. The molecule has 7 N–H and O–H groups in total. The van der Waals surface area contributed by atoms with Gasteiger partial charge in [0.25, 0.3) is 0 Å². The van der Waals surface area contributed by atoms with E-state index in [9.17, 15) is 39.9 Å². The number of hydrogen-bond donors (Lipinski definition) is 7. The number of amides is 1. The van der Waals surface area contributed by atoms with E-state index in [0.717, 1.165) is 32.1 Å². The first-order valence-corrected chi connectivity index (χ1v) is 16.4. The van der Waals surface area contributed by atoms with Gasteiger partial charge in [0.2, 0.25) is 5.91 Å². The monoisotopic (exact) mass is 625 g/mol. The summed E-state index contributed by atoms with van der Waals surface area (Å²) in [5.74, 6) is -0.858. The van der Waals surface area contributed by atoms with Crippen LogP contribution in [0.4, 0.5) is 0 Å². The van der Waals surface area contributed by atoms with E-state index in [-0.39, 0.29) is 41.2 Å². The van der Waals surface area contributed by atoms with E-state index in [1.807, 2.05) is 0 Å². The molecule has 15 atom stereocenters. The molecule has 5 fully saturated rings. The number of carboxylic acid groups (broad SMARTS) is 2. The maximum atomic E-state index is 12.2. The van der Waals surface area contributed by atoms with Gasteiger partial charge in [0.15, 0.2) is 12.4 Å². The first kappa shape index (κ1) is 33.5. The topological polar surface area (TPSA) is 203 Å². The number of carboxylic acids is 2. The summed E-state index contributed by atoms with van der Waals surface area (Å²) in [5, 5.41) is 63.0. The smallest absolute Gasteiger partial charge is 0.335 e. The molecule has 1 saturated heterocycles. The van der Waals surface area contributed by atoms with Gasteiger partial charge in [0.1, 0.15) is 24.9 Å². The molecule has 0 spiro atoms. The molecule has 4 aliphatic carbocycles. The number of aliphatic carboxylic acids is 2. The van der Waals surface area contributed by atoms with Crippen molar-refractivity contribution < 1.29 is 54.5 Å². The maximum absolute atomic E-state index is 12.2. The lowest BCUT2D eigenvalue weighted by Gasteiger charge is -2.62. The normalized spacial score (nSPS) is 47.5. The van der Waals surface area contributed by atoms with Gasteiger partial charge in [-0.05, 0) is 104 Å². The Hall–Kier alpha value is -1.83. The second-order valence-corrected chi connectivity index (χ2v) is 15.0. The molecule has 0 aromatic heterocycles. The Morgan fingerprint density at radius 2 is 1.59 bits per heavy atom. The second kappa shape index (κ2) is 12.8. The lowest BCUT2D eigenvalue weighted by atomic mass is 9.43. The number of carbonyl (C=O) groups excluding carboxylic acids is 1. The molecule has 250 valence electrons. The van der Waals surface area contributed by atoms with Crippen LogP contribution in [0.15, 0.2) is 0 Å². The highest BCUT2D eigenvalue weighted by Gasteiger charge is 2.63. The predicted molar refractivity (Wildman–Crippen MR) is 155 cm³/mol. The molecule has 12 nitrogen and oxygen atoms in total. The Kier molecular flexibility index (Phi) is 9.72. The minimum Gasteiger partial charge on any atom is -0.480 e. The molecule has 0 aromatic rings. The number of nitrogens with one attached hydrogen (secondary N) is 1. The third kappa shape index (κ3) is 6.02. The number of fused-ring (bicyclic) bond motifs is 5.